The molecule has 0 saturated heterocycles. The first-order valence-electron chi connectivity index (χ1n) is 5.83. The van der Waals surface area contributed by atoms with Crippen molar-refractivity contribution in [2.24, 2.45) is 11.5 Å². The van der Waals surface area contributed by atoms with E-state index >= 15 is 0 Å². The van der Waals surface area contributed by atoms with Crippen LogP contribution in [0, 0.1) is 0 Å². The number of carboxylic acid groups (broad SMARTS) is 2. The zero-order valence-corrected chi connectivity index (χ0v) is 10.6. The molecule has 0 aliphatic heterocycles. The Morgan fingerprint density at radius 3 is 1.59 bits per heavy atom. The predicted molar refractivity (Wildman–Crippen MR) is 65.7 cm³/mol. The number of aliphatic carboxylic acids is 2. The van der Waals surface area contributed by atoms with Gasteiger partial charge in [0.2, 0.25) is 0 Å². The summed E-state index contributed by atoms with van der Waals surface area (Å²) in [5, 5.41) is 16.5. The first kappa shape index (κ1) is 18.2. The zero-order valence-electron chi connectivity index (χ0n) is 10.6. The highest BCUT2D eigenvalue weighted by molar-refractivity contribution is 5.73. The van der Waals surface area contributed by atoms with Crippen LogP contribution in [0.1, 0.15) is 46.0 Å². The molecule has 0 radical (unpaired) electrons. The molecule has 2 atom stereocenters. The molecule has 0 amide bonds. The molecule has 0 aliphatic rings. The van der Waals surface area contributed by atoms with Crippen LogP contribution in [0.15, 0.2) is 0 Å². The zero-order chi connectivity index (χ0) is 13.8. The Kier molecular flexibility index (Phi) is 12.2. The second kappa shape index (κ2) is 11.3. The van der Waals surface area contributed by atoms with Crippen LogP contribution in [0.2, 0.25) is 0 Å². The van der Waals surface area contributed by atoms with Crippen LogP contribution in [0.3, 0.4) is 0 Å². The van der Waals surface area contributed by atoms with E-state index in [1.165, 1.54) is 0 Å². The lowest BCUT2D eigenvalue weighted by molar-refractivity contribution is -0.139. The van der Waals surface area contributed by atoms with Gasteiger partial charge in [-0.1, -0.05) is 33.1 Å². The van der Waals surface area contributed by atoms with Gasteiger partial charge in [0.1, 0.15) is 12.1 Å². The molecule has 17 heavy (non-hydrogen) atoms. The lowest BCUT2D eigenvalue weighted by Gasteiger charge is -2.02. The van der Waals surface area contributed by atoms with Gasteiger partial charge in [-0.3, -0.25) is 9.59 Å². The molecule has 6 heteroatoms. The summed E-state index contributed by atoms with van der Waals surface area (Å²) in [6, 6.07) is -1.33. The minimum absolute atomic E-state index is 0.565. The van der Waals surface area contributed by atoms with E-state index in [2.05, 4.69) is 0 Å². The molecule has 0 aromatic rings. The number of nitrogens with two attached hydrogens (primary N) is 2. The number of unbranched alkanes of at least 4 members (excludes halogenated alkanes) is 1. The molecule has 0 aliphatic carbocycles. The van der Waals surface area contributed by atoms with Gasteiger partial charge in [0.05, 0.1) is 0 Å². The molecule has 0 fully saturated rings. The molecule has 0 bridgehead atoms. The third-order valence-electron chi connectivity index (χ3n) is 2.10. The molecular formula is C11H24N2O4. The van der Waals surface area contributed by atoms with E-state index in [1.54, 1.807) is 0 Å². The highest BCUT2D eigenvalue weighted by Crippen LogP contribution is 1.97. The van der Waals surface area contributed by atoms with Crippen molar-refractivity contribution in [3.8, 4) is 0 Å². The molecule has 0 saturated carbocycles. The molecule has 0 aromatic carbocycles. The fourth-order valence-electron chi connectivity index (χ4n) is 0.982. The first-order valence-corrected chi connectivity index (χ1v) is 5.83. The van der Waals surface area contributed by atoms with Crippen LogP contribution in [-0.4, -0.2) is 34.2 Å². The van der Waals surface area contributed by atoms with E-state index in [4.69, 9.17) is 21.7 Å². The number of rotatable bonds is 7. The monoisotopic (exact) mass is 248 g/mol. The Bertz CT molecular complexity index is 222. The van der Waals surface area contributed by atoms with E-state index in [1.807, 2.05) is 13.8 Å². The average molecular weight is 248 g/mol. The van der Waals surface area contributed by atoms with Gasteiger partial charge in [-0.15, -0.1) is 0 Å². The molecule has 6 nitrogen and oxygen atoms in total. The second-order valence-corrected chi connectivity index (χ2v) is 3.82. The SMILES string of the molecule is CCCC[C@H](N)C(=O)O.CCC[C@H](N)C(=O)O. The van der Waals surface area contributed by atoms with Gasteiger partial charge >= 0.3 is 11.9 Å². The fraction of sp³-hybridized carbons (Fsp3) is 0.818. The van der Waals surface area contributed by atoms with Gasteiger partial charge in [-0.05, 0) is 12.8 Å². The van der Waals surface area contributed by atoms with E-state index in [9.17, 15) is 9.59 Å². The Morgan fingerprint density at radius 2 is 1.35 bits per heavy atom. The van der Waals surface area contributed by atoms with Crippen molar-refractivity contribution in [3.63, 3.8) is 0 Å². The molecular weight excluding hydrogens is 224 g/mol. The van der Waals surface area contributed by atoms with Crippen molar-refractivity contribution in [1.82, 2.24) is 0 Å². The molecule has 102 valence electrons. The number of hydrogen-bond acceptors (Lipinski definition) is 4. The lowest BCUT2D eigenvalue weighted by atomic mass is 10.1. The highest BCUT2D eigenvalue weighted by Gasteiger charge is 2.08. The number of carbonyl (C=O) groups is 2. The van der Waals surface area contributed by atoms with E-state index in [0.29, 0.717) is 12.8 Å². The molecule has 6 N–H and O–H groups in total. The summed E-state index contributed by atoms with van der Waals surface area (Å²) in [6.07, 6.45) is 3.88. The summed E-state index contributed by atoms with van der Waals surface area (Å²) in [5.74, 6) is -1.81. The normalized spacial score (nSPS) is 13.2. The lowest BCUT2D eigenvalue weighted by Crippen LogP contribution is -2.29. The second-order valence-electron chi connectivity index (χ2n) is 3.82. The maximum Gasteiger partial charge on any atom is 0.320 e. The van der Waals surface area contributed by atoms with Crippen LogP contribution >= 0.6 is 0 Å². The topological polar surface area (TPSA) is 127 Å². The standard InChI is InChI=1S/C6H13NO2.C5H11NO2/c1-2-3-4-5(7)6(8)9;1-2-3-4(6)5(7)8/h5H,2-4,7H2,1H3,(H,8,9);4H,2-3,6H2,1H3,(H,7,8)/t5-;4-/m00/s1. The van der Waals surface area contributed by atoms with Gasteiger partial charge < -0.3 is 21.7 Å². The van der Waals surface area contributed by atoms with Gasteiger partial charge in [0.25, 0.3) is 0 Å². The average Bonchev–Trinajstić information content (AvgIpc) is 2.26. The van der Waals surface area contributed by atoms with E-state index in [0.717, 1.165) is 19.3 Å². The smallest absolute Gasteiger partial charge is 0.320 e. The first-order chi connectivity index (χ1) is 7.86. The summed E-state index contributed by atoms with van der Waals surface area (Å²) in [7, 11) is 0. The van der Waals surface area contributed by atoms with Gasteiger partial charge in [-0.2, -0.15) is 0 Å². The highest BCUT2D eigenvalue weighted by atomic mass is 16.4. The largest absolute Gasteiger partial charge is 0.480 e. The maximum atomic E-state index is 10.1. The predicted octanol–water partition coefficient (Wildman–Crippen LogP) is 0.787. The van der Waals surface area contributed by atoms with Gasteiger partial charge in [0.15, 0.2) is 0 Å². The molecule has 0 rings (SSSR count). The van der Waals surface area contributed by atoms with Crippen molar-refractivity contribution < 1.29 is 19.8 Å². The Labute approximate surface area is 102 Å². The number of carboxylic acids is 2. The van der Waals surface area contributed by atoms with Crippen molar-refractivity contribution >= 4 is 11.9 Å². The third kappa shape index (κ3) is 12.8. The van der Waals surface area contributed by atoms with Crippen LogP contribution in [0.5, 0.6) is 0 Å². The Hall–Kier alpha value is -1.14. The quantitative estimate of drug-likeness (QED) is 0.527. The summed E-state index contributed by atoms with van der Waals surface area (Å²) in [4.78, 5) is 20.0. The van der Waals surface area contributed by atoms with Crippen molar-refractivity contribution in [3.05, 3.63) is 0 Å². The maximum absolute atomic E-state index is 10.1. The molecule has 0 unspecified atom stereocenters. The summed E-state index contributed by atoms with van der Waals surface area (Å²) in [6.45, 7) is 3.91. The van der Waals surface area contributed by atoms with Crippen LogP contribution in [0.25, 0.3) is 0 Å². The molecule has 0 spiro atoms. The van der Waals surface area contributed by atoms with Crippen LogP contribution in [-0.2, 0) is 9.59 Å². The molecule has 0 aromatic heterocycles. The van der Waals surface area contributed by atoms with Crippen molar-refractivity contribution in [2.45, 2.75) is 58.0 Å². The van der Waals surface area contributed by atoms with Crippen molar-refractivity contribution in [1.29, 1.82) is 0 Å². The fourth-order valence-corrected chi connectivity index (χ4v) is 0.982. The van der Waals surface area contributed by atoms with Gasteiger partial charge in [-0.25, -0.2) is 0 Å². The van der Waals surface area contributed by atoms with Crippen molar-refractivity contribution in [2.75, 3.05) is 0 Å². The summed E-state index contributed by atoms with van der Waals surface area (Å²) >= 11 is 0. The van der Waals surface area contributed by atoms with Gasteiger partial charge in [0, 0.05) is 0 Å². The summed E-state index contributed by atoms with van der Waals surface area (Å²) in [5.41, 5.74) is 10.3. The third-order valence-corrected chi connectivity index (χ3v) is 2.10. The molecule has 0 heterocycles. The Balaban J connectivity index is 0. The van der Waals surface area contributed by atoms with Crippen LogP contribution < -0.4 is 11.5 Å². The van der Waals surface area contributed by atoms with Crippen LogP contribution in [0.4, 0.5) is 0 Å². The minimum atomic E-state index is -0.910. The summed E-state index contributed by atoms with van der Waals surface area (Å²) < 4.78 is 0. The Morgan fingerprint density at radius 1 is 0.941 bits per heavy atom. The number of hydrogen-bond donors (Lipinski definition) is 4. The van der Waals surface area contributed by atoms with E-state index < -0.39 is 24.0 Å². The minimum Gasteiger partial charge on any atom is -0.480 e. The van der Waals surface area contributed by atoms with E-state index in [-0.39, 0.29) is 0 Å².